The fraction of sp³-hybridized carbons (Fsp3) is 0. The summed E-state index contributed by atoms with van der Waals surface area (Å²) in [6.07, 6.45) is 0. The molecular weight excluding hydrogens is 56.0 g/mol. The molecule has 0 saturated carbocycles. The molecule has 0 aliphatic carbocycles. The molecule has 0 rings (SSSR count). The molecule has 0 fully saturated rings. The second-order valence-electron chi connectivity index (χ2n) is 0.272. The molecule has 4 heavy (non-hydrogen) atoms. The summed E-state index contributed by atoms with van der Waals surface area (Å²) in [7, 11) is 0. The summed E-state index contributed by atoms with van der Waals surface area (Å²) in [5, 5.41) is 7.26. The predicted octanol–water partition coefficient (Wildman–Crippen LogP) is 0.472. The molecule has 0 aromatic rings. The average Bonchev–Trinajstić information content (AvgIpc) is 1.37. The van der Waals surface area contributed by atoms with E-state index in [0.717, 1.165) is 6.61 Å². The largest absolute Gasteiger partial charge is 0.367 e. The third kappa shape index (κ3) is 1.79. The van der Waals surface area contributed by atoms with Crippen molar-refractivity contribution in [3.63, 3.8) is 0 Å². The van der Waals surface area contributed by atoms with Crippen molar-refractivity contribution < 1.29 is 10.1 Å². The molecule has 0 heterocycles. The number of hydrogen-bond donors (Lipinski definition) is 1. The molecular formula is C2H4O2. The van der Waals surface area contributed by atoms with E-state index in [2.05, 4.69) is 11.8 Å². The lowest BCUT2D eigenvalue weighted by Crippen LogP contribution is -1.66. The normalized spacial score (nSPS) is 7.25. The summed E-state index contributed by atoms with van der Waals surface area (Å²) in [5.41, 5.74) is 0. The lowest BCUT2D eigenvalue weighted by molar-refractivity contribution is -0.204. The van der Waals surface area contributed by atoms with E-state index in [-0.39, 0.29) is 0 Å². The minimum atomic E-state index is 0.931. The lowest BCUT2D eigenvalue weighted by Gasteiger charge is -1.81. The Balaban J connectivity index is 1.97. The van der Waals surface area contributed by atoms with E-state index in [1.807, 2.05) is 0 Å². The molecule has 0 amide bonds. The van der Waals surface area contributed by atoms with Gasteiger partial charge in [0.15, 0.2) is 0 Å². The molecule has 2 heteroatoms. The van der Waals surface area contributed by atoms with Crippen LogP contribution >= 0.6 is 0 Å². The summed E-state index contributed by atoms with van der Waals surface area (Å²) in [4.78, 5) is 3.31. The van der Waals surface area contributed by atoms with Gasteiger partial charge in [-0.05, 0) is 0 Å². The maximum absolute atomic E-state index is 7.26. The molecule has 0 atom stereocenters. The molecule has 0 radical (unpaired) electrons. The van der Waals surface area contributed by atoms with Gasteiger partial charge < -0.3 is 4.89 Å². The Bertz CT molecular complexity index is 6.00. The number of hydrogen-bond acceptors (Lipinski definition) is 2. The van der Waals surface area contributed by atoms with Gasteiger partial charge in [0.25, 0.3) is 0 Å². The third-order valence-electron chi connectivity index (χ3n) is 0.0745. The van der Waals surface area contributed by atoms with Gasteiger partial charge >= 0.3 is 0 Å². The van der Waals surface area contributed by atoms with E-state index >= 15 is 0 Å². The molecule has 0 unspecified atom stereocenters. The Morgan fingerprint density at radius 2 is 2.25 bits per heavy atom. The summed E-state index contributed by atoms with van der Waals surface area (Å²) in [6.45, 7) is 3.94. The summed E-state index contributed by atoms with van der Waals surface area (Å²) in [6, 6.07) is 0. The molecule has 0 aliphatic heterocycles. The van der Waals surface area contributed by atoms with E-state index in [1.54, 1.807) is 0 Å². The molecule has 24 valence electrons. The highest BCUT2D eigenvalue weighted by Gasteiger charge is 1.46. The zero-order valence-electron chi connectivity index (χ0n) is 2.14. The highest BCUT2D eigenvalue weighted by Crippen LogP contribution is 1.61. The van der Waals surface area contributed by atoms with Crippen LogP contribution in [-0.4, -0.2) is 5.26 Å². The van der Waals surface area contributed by atoms with Gasteiger partial charge in [-0.25, -0.2) is 0 Å². The van der Waals surface area contributed by atoms with Crippen LogP contribution in [0.3, 0.4) is 0 Å². The van der Waals surface area contributed by atoms with Gasteiger partial charge in [0.05, 0.1) is 0 Å². The van der Waals surface area contributed by atoms with E-state index in [0.29, 0.717) is 0 Å². The maximum atomic E-state index is 7.26. The summed E-state index contributed by atoms with van der Waals surface area (Å²) in [5.74, 6) is 0. The van der Waals surface area contributed by atoms with Crippen molar-refractivity contribution in [3.8, 4) is 0 Å². The Hall–Kier alpha value is -0.210. The van der Waals surface area contributed by atoms with Crippen LogP contribution in [0.5, 0.6) is 0 Å². The van der Waals surface area contributed by atoms with Crippen molar-refractivity contribution in [3.05, 3.63) is 13.5 Å². The average molecular weight is 60.1 g/mol. The Labute approximate surface area is 24.9 Å². The van der Waals surface area contributed by atoms with Gasteiger partial charge in [-0.2, -0.15) is 0 Å². The molecule has 0 bridgehead atoms. The lowest BCUT2D eigenvalue weighted by atomic mass is 10.9. The molecule has 0 spiro atoms. The Morgan fingerprint density at radius 3 is 2.25 bits per heavy atom. The van der Waals surface area contributed by atoms with Gasteiger partial charge in [0.2, 0.25) is 0 Å². The Morgan fingerprint density at radius 1 is 2.00 bits per heavy atom. The van der Waals surface area contributed by atoms with Crippen LogP contribution in [0.2, 0.25) is 0 Å². The smallest absolute Gasteiger partial charge is 0.0109 e. The molecule has 0 saturated heterocycles. The van der Waals surface area contributed by atoms with Crippen LogP contribution in [0, 0.1) is 13.5 Å². The molecule has 0 aromatic heterocycles. The van der Waals surface area contributed by atoms with Crippen LogP contribution in [0.15, 0.2) is 0 Å². The van der Waals surface area contributed by atoms with Crippen LogP contribution in [-0.2, 0) is 4.89 Å². The second kappa shape index (κ2) is 2.79. The van der Waals surface area contributed by atoms with E-state index < -0.39 is 0 Å². The van der Waals surface area contributed by atoms with E-state index in [1.165, 1.54) is 0 Å². The fourth-order valence-corrected chi connectivity index (χ4v) is 0. The third-order valence-corrected chi connectivity index (χ3v) is 0.0745. The summed E-state index contributed by atoms with van der Waals surface area (Å²) < 4.78 is 0. The zero-order chi connectivity index (χ0) is 3.41. The van der Waals surface area contributed by atoms with Crippen molar-refractivity contribution in [2.45, 2.75) is 0 Å². The fourth-order valence-electron chi connectivity index (χ4n) is 0. The molecule has 2 nitrogen and oxygen atoms in total. The van der Waals surface area contributed by atoms with Crippen LogP contribution in [0.25, 0.3) is 0 Å². The minimum absolute atomic E-state index is 0.931. The van der Waals surface area contributed by atoms with Gasteiger partial charge in [0, 0.05) is 6.61 Å². The van der Waals surface area contributed by atoms with E-state index in [4.69, 9.17) is 5.26 Å². The first-order valence-corrected chi connectivity index (χ1v) is 0.827. The monoisotopic (exact) mass is 60.0 g/mol. The van der Waals surface area contributed by atoms with E-state index in [9.17, 15) is 0 Å². The molecule has 0 aliphatic rings. The first-order chi connectivity index (χ1) is 1.91. The standard InChI is InChI=1S/C2H4O2/c1-2-4-3/h2-3H,1H2. The Kier molecular flexibility index (Phi) is 2.64. The first kappa shape index (κ1) is 3.79. The summed E-state index contributed by atoms with van der Waals surface area (Å²) >= 11 is 0. The SMILES string of the molecule is [CH2+][CH-]OO. The van der Waals surface area contributed by atoms with Crippen molar-refractivity contribution in [2.24, 2.45) is 0 Å². The quantitative estimate of drug-likeness (QED) is 0.271. The van der Waals surface area contributed by atoms with Crippen LogP contribution in [0.1, 0.15) is 0 Å². The van der Waals surface area contributed by atoms with Gasteiger partial charge in [-0.3, -0.25) is 5.26 Å². The minimum Gasteiger partial charge on any atom is -0.367 e. The van der Waals surface area contributed by atoms with Gasteiger partial charge in [0.1, 0.15) is 0 Å². The predicted molar refractivity (Wildman–Crippen MR) is 13.4 cm³/mol. The van der Waals surface area contributed by atoms with Crippen molar-refractivity contribution >= 4 is 0 Å². The van der Waals surface area contributed by atoms with Crippen LogP contribution < -0.4 is 0 Å². The molecule has 1 N–H and O–H groups in total. The van der Waals surface area contributed by atoms with Crippen molar-refractivity contribution in [2.75, 3.05) is 0 Å². The van der Waals surface area contributed by atoms with Crippen LogP contribution in [0.4, 0.5) is 0 Å². The highest BCUT2D eigenvalue weighted by atomic mass is 17.1. The van der Waals surface area contributed by atoms with Gasteiger partial charge in [-0.15, -0.1) is 0 Å². The molecule has 0 aromatic carbocycles. The van der Waals surface area contributed by atoms with Gasteiger partial charge in [-0.1, -0.05) is 6.92 Å². The zero-order valence-corrected chi connectivity index (χ0v) is 2.14. The van der Waals surface area contributed by atoms with Crippen molar-refractivity contribution in [1.82, 2.24) is 0 Å². The highest BCUT2D eigenvalue weighted by molar-refractivity contribution is 4.42. The number of rotatable bonds is 1. The maximum Gasteiger partial charge on any atom is 0.0109 e. The first-order valence-electron chi connectivity index (χ1n) is 0.827. The second-order valence-corrected chi connectivity index (χ2v) is 0.272. The topological polar surface area (TPSA) is 29.5 Å². The van der Waals surface area contributed by atoms with Crippen molar-refractivity contribution in [1.29, 1.82) is 0 Å².